The van der Waals surface area contributed by atoms with Gasteiger partial charge in [-0.3, -0.25) is 4.79 Å². The Morgan fingerprint density at radius 2 is 2.22 bits per heavy atom. The summed E-state index contributed by atoms with van der Waals surface area (Å²) < 4.78 is 0. The Morgan fingerprint density at radius 3 is 2.94 bits per heavy atom. The molecular weight excluding hydrogens is 248 g/mol. The van der Waals surface area contributed by atoms with Crippen LogP contribution < -0.4 is 5.32 Å². The Morgan fingerprint density at radius 1 is 1.44 bits per heavy atom. The fourth-order valence-electron chi connectivity index (χ4n) is 2.55. The molecule has 0 saturated heterocycles. The molecule has 0 bridgehead atoms. The van der Waals surface area contributed by atoms with Gasteiger partial charge in [0.1, 0.15) is 10.8 Å². The maximum absolute atomic E-state index is 11.9. The monoisotopic (exact) mass is 266 g/mol. The van der Waals surface area contributed by atoms with Gasteiger partial charge in [0.25, 0.3) is 5.91 Å². The van der Waals surface area contributed by atoms with E-state index in [4.69, 9.17) is 11.6 Å². The molecule has 0 aromatic carbocycles. The van der Waals surface area contributed by atoms with Gasteiger partial charge in [-0.1, -0.05) is 43.9 Å². The van der Waals surface area contributed by atoms with Crippen molar-refractivity contribution in [2.24, 2.45) is 11.8 Å². The molecule has 98 valence electrons. The van der Waals surface area contributed by atoms with Crippen LogP contribution >= 0.6 is 11.6 Å². The minimum Gasteiger partial charge on any atom is -0.350 e. The zero-order valence-corrected chi connectivity index (χ0v) is 11.4. The molecule has 1 N–H and O–H groups in total. The van der Waals surface area contributed by atoms with E-state index in [9.17, 15) is 4.79 Å². The van der Waals surface area contributed by atoms with Crippen molar-refractivity contribution in [1.82, 2.24) is 10.3 Å². The van der Waals surface area contributed by atoms with Gasteiger partial charge in [0.05, 0.1) is 0 Å². The molecule has 18 heavy (non-hydrogen) atoms. The summed E-state index contributed by atoms with van der Waals surface area (Å²) in [5.74, 6) is 1.17. The first-order valence-corrected chi connectivity index (χ1v) is 6.95. The summed E-state index contributed by atoms with van der Waals surface area (Å²) in [6, 6.07) is 5.10. The third kappa shape index (κ3) is 3.45. The highest BCUT2D eigenvalue weighted by Crippen LogP contribution is 2.28. The number of pyridine rings is 1. The zero-order chi connectivity index (χ0) is 13.0. The fraction of sp³-hybridized carbons (Fsp3) is 0.571. The van der Waals surface area contributed by atoms with Gasteiger partial charge in [-0.2, -0.15) is 0 Å². The molecule has 0 aliphatic heterocycles. The van der Waals surface area contributed by atoms with Crippen molar-refractivity contribution in [2.75, 3.05) is 6.54 Å². The number of carbonyl (C=O) groups excluding carboxylic acids is 1. The Bertz CT molecular complexity index is 422. The molecule has 1 amide bonds. The van der Waals surface area contributed by atoms with Crippen LogP contribution in [0.15, 0.2) is 18.2 Å². The van der Waals surface area contributed by atoms with E-state index in [1.165, 1.54) is 25.7 Å². The highest BCUT2D eigenvalue weighted by atomic mass is 35.5. The molecule has 1 heterocycles. The normalized spacial score (nSPS) is 23.7. The SMILES string of the molecule is CC1CCCCC1CNC(=O)c1cccc(Cl)n1. The summed E-state index contributed by atoms with van der Waals surface area (Å²) in [4.78, 5) is 15.9. The maximum Gasteiger partial charge on any atom is 0.269 e. The molecule has 4 heteroatoms. The van der Waals surface area contributed by atoms with E-state index in [-0.39, 0.29) is 5.91 Å². The first kappa shape index (κ1) is 13.3. The second-order valence-corrected chi connectivity index (χ2v) is 5.46. The zero-order valence-electron chi connectivity index (χ0n) is 10.7. The van der Waals surface area contributed by atoms with Crippen molar-refractivity contribution >= 4 is 17.5 Å². The molecular formula is C14H19ClN2O. The average molecular weight is 267 g/mol. The van der Waals surface area contributed by atoms with Crippen LogP contribution in [0.25, 0.3) is 0 Å². The second kappa shape index (κ2) is 6.19. The Kier molecular flexibility index (Phi) is 4.59. The molecule has 2 atom stereocenters. The summed E-state index contributed by atoms with van der Waals surface area (Å²) in [6.45, 7) is 3.02. The van der Waals surface area contributed by atoms with E-state index in [0.29, 0.717) is 22.7 Å². The predicted molar refractivity (Wildman–Crippen MR) is 72.7 cm³/mol. The Balaban J connectivity index is 1.88. The number of aromatic nitrogens is 1. The van der Waals surface area contributed by atoms with Gasteiger partial charge in [0, 0.05) is 6.54 Å². The summed E-state index contributed by atoms with van der Waals surface area (Å²) in [5, 5.41) is 3.32. The standard InChI is InChI=1S/C14H19ClN2O/c1-10-5-2-3-6-11(10)9-16-14(18)12-7-4-8-13(15)17-12/h4,7-8,10-11H,2-3,5-6,9H2,1H3,(H,16,18). The topological polar surface area (TPSA) is 42.0 Å². The van der Waals surface area contributed by atoms with E-state index < -0.39 is 0 Å². The van der Waals surface area contributed by atoms with Crippen molar-refractivity contribution in [1.29, 1.82) is 0 Å². The lowest BCUT2D eigenvalue weighted by atomic mass is 9.80. The highest BCUT2D eigenvalue weighted by molar-refractivity contribution is 6.29. The van der Waals surface area contributed by atoms with E-state index in [1.54, 1.807) is 18.2 Å². The number of nitrogens with zero attached hydrogens (tertiary/aromatic N) is 1. The molecule has 1 aliphatic rings. The summed E-state index contributed by atoms with van der Waals surface area (Å²) in [7, 11) is 0. The molecule has 1 aliphatic carbocycles. The van der Waals surface area contributed by atoms with E-state index in [2.05, 4.69) is 17.2 Å². The van der Waals surface area contributed by atoms with E-state index in [1.807, 2.05) is 0 Å². The molecule has 2 unspecified atom stereocenters. The van der Waals surface area contributed by atoms with Gasteiger partial charge in [-0.05, 0) is 30.4 Å². The van der Waals surface area contributed by atoms with Crippen LogP contribution in [0.4, 0.5) is 0 Å². The molecule has 0 spiro atoms. The maximum atomic E-state index is 11.9. The Hall–Kier alpha value is -1.09. The van der Waals surface area contributed by atoms with Gasteiger partial charge in [0.2, 0.25) is 0 Å². The van der Waals surface area contributed by atoms with Crippen molar-refractivity contribution in [2.45, 2.75) is 32.6 Å². The minimum atomic E-state index is -0.129. The molecule has 1 fully saturated rings. The van der Waals surface area contributed by atoms with E-state index in [0.717, 1.165) is 6.54 Å². The Labute approximate surface area is 113 Å². The molecule has 1 aromatic rings. The molecule has 1 aromatic heterocycles. The van der Waals surface area contributed by atoms with Crippen LogP contribution in [-0.2, 0) is 0 Å². The molecule has 3 nitrogen and oxygen atoms in total. The molecule has 0 radical (unpaired) electrons. The lowest BCUT2D eigenvalue weighted by Gasteiger charge is -2.28. The van der Waals surface area contributed by atoms with E-state index >= 15 is 0 Å². The lowest BCUT2D eigenvalue weighted by Crippen LogP contribution is -2.33. The fourth-order valence-corrected chi connectivity index (χ4v) is 2.71. The van der Waals surface area contributed by atoms with Crippen LogP contribution in [0.2, 0.25) is 5.15 Å². The van der Waals surface area contributed by atoms with Crippen molar-refractivity contribution in [3.05, 3.63) is 29.0 Å². The molecule has 2 rings (SSSR count). The molecule has 1 saturated carbocycles. The quantitative estimate of drug-likeness (QED) is 0.853. The highest BCUT2D eigenvalue weighted by Gasteiger charge is 2.21. The summed E-state index contributed by atoms with van der Waals surface area (Å²) in [5.41, 5.74) is 0.394. The number of hydrogen-bond donors (Lipinski definition) is 1. The van der Waals surface area contributed by atoms with Crippen molar-refractivity contribution in [3.63, 3.8) is 0 Å². The van der Waals surface area contributed by atoms with Crippen LogP contribution in [0, 0.1) is 11.8 Å². The number of rotatable bonds is 3. The van der Waals surface area contributed by atoms with Gasteiger partial charge < -0.3 is 5.32 Å². The number of nitrogens with one attached hydrogen (secondary N) is 1. The number of hydrogen-bond acceptors (Lipinski definition) is 2. The second-order valence-electron chi connectivity index (χ2n) is 5.08. The van der Waals surface area contributed by atoms with Gasteiger partial charge in [-0.15, -0.1) is 0 Å². The summed E-state index contributed by atoms with van der Waals surface area (Å²) >= 11 is 5.77. The predicted octanol–water partition coefficient (Wildman–Crippen LogP) is 3.29. The number of amides is 1. The lowest BCUT2D eigenvalue weighted by molar-refractivity contribution is 0.0931. The van der Waals surface area contributed by atoms with Gasteiger partial charge in [-0.25, -0.2) is 4.98 Å². The van der Waals surface area contributed by atoms with Crippen LogP contribution in [0.5, 0.6) is 0 Å². The first-order chi connectivity index (χ1) is 8.66. The minimum absolute atomic E-state index is 0.129. The van der Waals surface area contributed by atoms with Gasteiger partial charge in [0.15, 0.2) is 0 Å². The average Bonchev–Trinajstić information content (AvgIpc) is 2.37. The van der Waals surface area contributed by atoms with Crippen LogP contribution in [0.1, 0.15) is 43.1 Å². The van der Waals surface area contributed by atoms with Crippen molar-refractivity contribution < 1.29 is 4.79 Å². The third-order valence-electron chi connectivity index (χ3n) is 3.76. The van der Waals surface area contributed by atoms with Crippen LogP contribution in [-0.4, -0.2) is 17.4 Å². The number of halogens is 1. The van der Waals surface area contributed by atoms with Crippen molar-refractivity contribution in [3.8, 4) is 0 Å². The smallest absolute Gasteiger partial charge is 0.269 e. The van der Waals surface area contributed by atoms with Crippen LogP contribution in [0.3, 0.4) is 0 Å². The third-order valence-corrected chi connectivity index (χ3v) is 3.97. The largest absolute Gasteiger partial charge is 0.350 e. The first-order valence-electron chi connectivity index (χ1n) is 6.57. The summed E-state index contributed by atoms with van der Waals surface area (Å²) in [6.07, 6.45) is 5.09. The number of carbonyl (C=O) groups is 1. The van der Waals surface area contributed by atoms with Gasteiger partial charge >= 0.3 is 0 Å².